The van der Waals surface area contributed by atoms with Gasteiger partial charge < -0.3 is 8.94 Å². The highest BCUT2D eigenvalue weighted by atomic mass is 35.5. The van der Waals surface area contributed by atoms with Crippen LogP contribution in [0.5, 0.6) is 0 Å². The van der Waals surface area contributed by atoms with Crippen LogP contribution in [0.25, 0.3) is 11.6 Å². The van der Waals surface area contributed by atoms with Gasteiger partial charge in [-0.1, -0.05) is 35.5 Å². The fourth-order valence-electron chi connectivity index (χ4n) is 1.80. The summed E-state index contributed by atoms with van der Waals surface area (Å²) in [7, 11) is 0. The van der Waals surface area contributed by atoms with Crippen LogP contribution in [0, 0.1) is 6.92 Å². The molecule has 19 heavy (non-hydrogen) atoms. The molecule has 0 saturated carbocycles. The Hall–Kier alpha value is -2.07. The molecule has 0 N–H and O–H groups in total. The van der Waals surface area contributed by atoms with Crippen LogP contribution in [-0.4, -0.2) is 10.1 Å². The van der Waals surface area contributed by atoms with Crippen molar-refractivity contribution >= 4 is 11.6 Å². The lowest BCUT2D eigenvalue weighted by Crippen LogP contribution is -1.93. The summed E-state index contributed by atoms with van der Waals surface area (Å²) in [4.78, 5) is 4.29. The second-order valence-corrected chi connectivity index (χ2v) is 4.60. The molecule has 4 nitrogen and oxygen atoms in total. The van der Waals surface area contributed by atoms with E-state index in [9.17, 15) is 0 Å². The number of halogens is 1. The molecule has 3 rings (SSSR count). The lowest BCUT2D eigenvalue weighted by atomic mass is 10.1. The second kappa shape index (κ2) is 4.90. The van der Waals surface area contributed by atoms with Crippen LogP contribution in [0.1, 0.15) is 22.4 Å². The van der Waals surface area contributed by atoms with E-state index in [2.05, 4.69) is 10.1 Å². The van der Waals surface area contributed by atoms with Gasteiger partial charge in [-0.25, -0.2) is 0 Å². The molecule has 5 heteroatoms. The third-order valence-electron chi connectivity index (χ3n) is 2.82. The number of hydrogen-bond acceptors (Lipinski definition) is 4. The van der Waals surface area contributed by atoms with Crippen molar-refractivity contribution in [3.8, 4) is 11.6 Å². The van der Waals surface area contributed by atoms with Crippen LogP contribution in [-0.2, 0) is 0 Å². The van der Waals surface area contributed by atoms with E-state index < -0.39 is 5.38 Å². The van der Waals surface area contributed by atoms with E-state index in [0.29, 0.717) is 17.5 Å². The zero-order valence-electron chi connectivity index (χ0n) is 10.2. The minimum atomic E-state index is -0.460. The van der Waals surface area contributed by atoms with Gasteiger partial charge in [0.05, 0.1) is 6.26 Å². The maximum Gasteiger partial charge on any atom is 0.249 e. The molecule has 0 amide bonds. The molecule has 1 atom stereocenters. The quantitative estimate of drug-likeness (QED) is 0.678. The molecule has 0 fully saturated rings. The molecule has 0 saturated heterocycles. The number of alkyl halides is 1. The molecule has 0 radical (unpaired) electrons. The van der Waals surface area contributed by atoms with Crippen molar-refractivity contribution < 1.29 is 8.94 Å². The molecule has 0 aliphatic rings. The monoisotopic (exact) mass is 274 g/mol. The fourth-order valence-corrected chi connectivity index (χ4v) is 2.03. The molecule has 1 aromatic carbocycles. The SMILES string of the molecule is Cc1ccoc1-c1noc(C(Cl)c2ccccc2)n1. The average Bonchev–Trinajstić information content (AvgIpc) is 3.07. The Morgan fingerprint density at radius 2 is 1.95 bits per heavy atom. The Bertz CT molecular complexity index is 676. The van der Waals surface area contributed by atoms with Gasteiger partial charge in [0.15, 0.2) is 5.76 Å². The van der Waals surface area contributed by atoms with Crippen molar-refractivity contribution in [2.24, 2.45) is 0 Å². The maximum absolute atomic E-state index is 6.32. The third-order valence-corrected chi connectivity index (χ3v) is 3.25. The summed E-state index contributed by atoms with van der Waals surface area (Å²) < 4.78 is 10.5. The van der Waals surface area contributed by atoms with Gasteiger partial charge in [-0.3, -0.25) is 0 Å². The van der Waals surface area contributed by atoms with E-state index >= 15 is 0 Å². The molecule has 1 unspecified atom stereocenters. The highest BCUT2D eigenvalue weighted by molar-refractivity contribution is 6.22. The Morgan fingerprint density at radius 3 is 2.63 bits per heavy atom. The van der Waals surface area contributed by atoms with Crippen molar-refractivity contribution in [3.63, 3.8) is 0 Å². The zero-order valence-corrected chi connectivity index (χ0v) is 11.0. The summed E-state index contributed by atoms with van der Waals surface area (Å²) in [5, 5.41) is 3.44. The summed E-state index contributed by atoms with van der Waals surface area (Å²) in [5.41, 5.74) is 1.87. The molecule has 0 aliphatic heterocycles. The molecule has 96 valence electrons. The van der Waals surface area contributed by atoms with E-state index in [0.717, 1.165) is 11.1 Å². The first-order valence-corrected chi connectivity index (χ1v) is 6.26. The van der Waals surface area contributed by atoms with Gasteiger partial charge in [-0.2, -0.15) is 4.98 Å². The minimum absolute atomic E-state index is 0.360. The smallest absolute Gasteiger partial charge is 0.249 e. The van der Waals surface area contributed by atoms with Crippen molar-refractivity contribution in [2.45, 2.75) is 12.3 Å². The Kier molecular flexibility index (Phi) is 3.09. The van der Waals surface area contributed by atoms with E-state index in [-0.39, 0.29) is 0 Å². The van der Waals surface area contributed by atoms with Crippen LogP contribution >= 0.6 is 11.6 Å². The Labute approximate surface area is 115 Å². The van der Waals surface area contributed by atoms with Crippen LogP contribution in [0.15, 0.2) is 51.6 Å². The highest BCUT2D eigenvalue weighted by Gasteiger charge is 2.20. The normalized spacial score (nSPS) is 12.5. The van der Waals surface area contributed by atoms with Gasteiger partial charge >= 0.3 is 0 Å². The van der Waals surface area contributed by atoms with E-state index in [1.54, 1.807) is 6.26 Å². The van der Waals surface area contributed by atoms with E-state index in [4.69, 9.17) is 20.5 Å². The van der Waals surface area contributed by atoms with Gasteiger partial charge in [0.1, 0.15) is 5.38 Å². The molecule has 2 heterocycles. The number of rotatable bonds is 3. The van der Waals surface area contributed by atoms with Gasteiger partial charge in [-0.15, -0.1) is 11.6 Å². The number of aromatic nitrogens is 2. The van der Waals surface area contributed by atoms with Crippen molar-refractivity contribution in [1.82, 2.24) is 10.1 Å². The molecular weight excluding hydrogens is 264 g/mol. The molecule has 2 aromatic heterocycles. The van der Waals surface area contributed by atoms with Crippen molar-refractivity contribution in [2.75, 3.05) is 0 Å². The van der Waals surface area contributed by atoms with Crippen molar-refractivity contribution in [3.05, 3.63) is 59.7 Å². The zero-order chi connectivity index (χ0) is 13.2. The Morgan fingerprint density at radius 1 is 1.16 bits per heavy atom. The summed E-state index contributed by atoms with van der Waals surface area (Å²) in [6.07, 6.45) is 1.59. The molecule has 0 spiro atoms. The summed E-state index contributed by atoms with van der Waals surface area (Å²) in [5.74, 6) is 1.38. The van der Waals surface area contributed by atoms with Gasteiger partial charge in [0.2, 0.25) is 11.7 Å². The minimum Gasteiger partial charge on any atom is -0.461 e. The summed E-state index contributed by atoms with van der Waals surface area (Å²) in [6, 6.07) is 11.4. The lowest BCUT2D eigenvalue weighted by molar-refractivity contribution is 0.381. The fraction of sp³-hybridized carbons (Fsp3) is 0.143. The molecule has 0 bridgehead atoms. The Balaban J connectivity index is 1.92. The number of aryl methyl sites for hydroxylation is 1. The first-order valence-electron chi connectivity index (χ1n) is 5.83. The predicted molar refractivity (Wildman–Crippen MR) is 70.9 cm³/mol. The topological polar surface area (TPSA) is 52.1 Å². The average molecular weight is 275 g/mol. The first kappa shape index (κ1) is 12.0. The summed E-state index contributed by atoms with van der Waals surface area (Å²) >= 11 is 6.32. The van der Waals surface area contributed by atoms with Crippen molar-refractivity contribution in [1.29, 1.82) is 0 Å². The number of nitrogens with zero attached hydrogens (tertiary/aromatic N) is 2. The number of furan rings is 1. The predicted octanol–water partition coefficient (Wildman–Crippen LogP) is 3.97. The van der Waals surface area contributed by atoms with Gasteiger partial charge in [-0.05, 0) is 24.1 Å². The van der Waals surface area contributed by atoms with Crippen LogP contribution < -0.4 is 0 Å². The molecule has 3 aromatic rings. The van der Waals surface area contributed by atoms with E-state index in [1.807, 2.05) is 43.3 Å². The summed E-state index contributed by atoms with van der Waals surface area (Å²) in [6.45, 7) is 1.92. The second-order valence-electron chi connectivity index (χ2n) is 4.16. The largest absolute Gasteiger partial charge is 0.461 e. The van der Waals surface area contributed by atoms with Gasteiger partial charge in [0.25, 0.3) is 0 Å². The van der Waals surface area contributed by atoms with Crippen LogP contribution in [0.2, 0.25) is 0 Å². The number of hydrogen-bond donors (Lipinski definition) is 0. The lowest BCUT2D eigenvalue weighted by Gasteiger charge is -2.03. The molecular formula is C14H11ClN2O2. The third kappa shape index (κ3) is 2.27. The van der Waals surface area contributed by atoms with Crippen LogP contribution in [0.3, 0.4) is 0 Å². The highest BCUT2D eigenvalue weighted by Crippen LogP contribution is 2.29. The maximum atomic E-state index is 6.32. The van der Waals surface area contributed by atoms with Crippen LogP contribution in [0.4, 0.5) is 0 Å². The molecule has 0 aliphatic carbocycles. The number of benzene rings is 1. The van der Waals surface area contributed by atoms with E-state index in [1.165, 1.54) is 0 Å². The first-order chi connectivity index (χ1) is 9.25. The van der Waals surface area contributed by atoms with Gasteiger partial charge in [0, 0.05) is 0 Å². The standard InChI is InChI=1S/C14H11ClN2O2/c1-9-7-8-18-12(9)13-16-14(19-17-13)11(15)10-5-3-2-4-6-10/h2-8,11H,1H3.